The number of anilines is 1. The van der Waals surface area contributed by atoms with Crippen LogP contribution in [0.3, 0.4) is 0 Å². The van der Waals surface area contributed by atoms with E-state index in [1.807, 2.05) is 33.9 Å². The van der Waals surface area contributed by atoms with Gasteiger partial charge in [0.15, 0.2) is 0 Å². The zero-order chi connectivity index (χ0) is 18.6. The third-order valence-electron chi connectivity index (χ3n) is 4.71. The van der Waals surface area contributed by atoms with Crippen molar-refractivity contribution in [3.63, 3.8) is 0 Å². The van der Waals surface area contributed by atoms with Gasteiger partial charge in [0.2, 0.25) is 5.91 Å². The molecule has 0 bridgehead atoms. The molecule has 27 heavy (non-hydrogen) atoms. The Morgan fingerprint density at radius 1 is 1.15 bits per heavy atom. The van der Waals surface area contributed by atoms with Crippen molar-refractivity contribution < 1.29 is 9.53 Å². The number of para-hydroxylation sites is 2. The van der Waals surface area contributed by atoms with E-state index in [0.29, 0.717) is 6.42 Å². The number of aromatic nitrogens is 1. The molecular weight excluding hydrogens is 378 g/mol. The molecule has 1 saturated heterocycles. The summed E-state index contributed by atoms with van der Waals surface area (Å²) in [5.41, 5.74) is 3.08. The van der Waals surface area contributed by atoms with Crippen LogP contribution < -0.4 is 9.64 Å². The van der Waals surface area contributed by atoms with Crippen LogP contribution in [-0.4, -0.2) is 49.1 Å². The second-order valence-corrected chi connectivity index (χ2v) is 8.01. The average Bonchev–Trinajstić information content (AvgIpc) is 3.40. The largest absolute Gasteiger partial charge is 0.495 e. The first-order chi connectivity index (χ1) is 13.2. The molecule has 0 unspecified atom stereocenters. The summed E-state index contributed by atoms with van der Waals surface area (Å²) in [6, 6.07) is 10.1. The summed E-state index contributed by atoms with van der Waals surface area (Å²) in [7, 11) is 1.69. The molecule has 0 atom stereocenters. The fraction of sp³-hybridized carbons (Fsp3) is 0.300. The Hall–Kier alpha value is -2.38. The summed E-state index contributed by atoms with van der Waals surface area (Å²) in [4.78, 5) is 21.5. The molecule has 7 heteroatoms. The molecule has 0 aliphatic carbocycles. The molecule has 4 rings (SSSR count). The number of thiophene rings is 1. The number of hydrogen-bond acceptors (Lipinski definition) is 6. The number of methoxy groups -OCH3 is 1. The van der Waals surface area contributed by atoms with Crippen molar-refractivity contribution in [1.29, 1.82) is 0 Å². The van der Waals surface area contributed by atoms with Gasteiger partial charge in [0.25, 0.3) is 0 Å². The van der Waals surface area contributed by atoms with E-state index < -0.39 is 0 Å². The van der Waals surface area contributed by atoms with Gasteiger partial charge >= 0.3 is 0 Å². The zero-order valence-electron chi connectivity index (χ0n) is 15.1. The van der Waals surface area contributed by atoms with E-state index in [1.54, 1.807) is 29.8 Å². The molecule has 0 radical (unpaired) electrons. The summed E-state index contributed by atoms with van der Waals surface area (Å²) >= 11 is 3.26. The Bertz CT molecular complexity index is 900. The summed E-state index contributed by atoms with van der Waals surface area (Å²) < 4.78 is 5.46. The number of rotatable bonds is 5. The normalized spacial score (nSPS) is 14.4. The van der Waals surface area contributed by atoms with Crippen molar-refractivity contribution in [1.82, 2.24) is 9.88 Å². The summed E-state index contributed by atoms with van der Waals surface area (Å²) in [5, 5.41) is 7.11. The van der Waals surface area contributed by atoms with E-state index in [2.05, 4.69) is 27.4 Å². The summed E-state index contributed by atoms with van der Waals surface area (Å²) in [5.74, 6) is 1.03. The first-order valence-electron chi connectivity index (χ1n) is 8.87. The number of ether oxygens (including phenoxy) is 1. The molecule has 140 valence electrons. The van der Waals surface area contributed by atoms with Crippen molar-refractivity contribution in [2.24, 2.45) is 0 Å². The predicted molar refractivity (Wildman–Crippen MR) is 111 cm³/mol. The summed E-state index contributed by atoms with van der Waals surface area (Å²) in [6.45, 7) is 3.06. The quantitative estimate of drug-likeness (QED) is 0.655. The van der Waals surface area contributed by atoms with Gasteiger partial charge in [-0.15, -0.1) is 11.3 Å². The van der Waals surface area contributed by atoms with Crippen LogP contribution in [0, 0.1) is 0 Å². The predicted octanol–water partition coefficient (Wildman–Crippen LogP) is 3.77. The van der Waals surface area contributed by atoms with Crippen molar-refractivity contribution in [2.75, 3.05) is 38.2 Å². The number of nitrogens with zero attached hydrogens (tertiary/aromatic N) is 3. The zero-order valence-corrected chi connectivity index (χ0v) is 16.8. The van der Waals surface area contributed by atoms with Crippen LogP contribution in [0.5, 0.6) is 5.75 Å². The minimum atomic E-state index is 0.150. The molecule has 1 amide bonds. The van der Waals surface area contributed by atoms with Gasteiger partial charge in [-0.05, 0) is 23.6 Å². The van der Waals surface area contributed by atoms with Crippen LogP contribution in [0.4, 0.5) is 5.69 Å². The fourth-order valence-corrected chi connectivity index (χ4v) is 4.79. The van der Waals surface area contributed by atoms with Crippen molar-refractivity contribution in [2.45, 2.75) is 6.42 Å². The maximum absolute atomic E-state index is 12.7. The van der Waals surface area contributed by atoms with E-state index in [1.165, 1.54) is 0 Å². The van der Waals surface area contributed by atoms with Gasteiger partial charge in [0, 0.05) is 42.5 Å². The molecule has 1 aromatic carbocycles. The Labute approximate surface area is 166 Å². The van der Waals surface area contributed by atoms with Gasteiger partial charge in [-0.25, -0.2) is 4.98 Å². The van der Waals surface area contributed by atoms with Crippen LogP contribution in [0.1, 0.15) is 5.69 Å². The highest BCUT2D eigenvalue weighted by Gasteiger charge is 2.23. The fourth-order valence-electron chi connectivity index (χ4n) is 3.26. The van der Waals surface area contributed by atoms with E-state index in [-0.39, 0.29) is 5.91 Å². The number of carbonyl (C=O) groups is 1. The highest BCUT2D eigenvalue weighted by molar-refractivity contribution is 7.14. The van der Waals surface area contributed by atoms with Crippen LogP contribution >= 0.6 is 22.7 Å². The number of carbonyl (C=O) groups excluding carboxylic acids is 1. The smallest absolute Gasteiger partial charge is 0.228 e. The van der Waals surface area contributed by atoms with Gasteiger partial charge in [0.05, 0.1) is 24.9 Å². The van der Waals surface area contributed by atoms with E-state index >= 15 is 0 Å². The molecule has 5 nitrogen and oxygen atoms in total. The molecule has 3 heterocycles. The average molecular weight is 400 g/mol. The third-order valence-corrected chi connectivity index (χ3v) is 6.33. The molecule has 0 spiro atoms. The lowest BCUT2D eigenvalue weighted by atomic mass is 10.2. The van der Waals surface area contributed by atoms with E-state index in [4.69, 9.17) is 4.74 Å². The molecule has 3 aromatic rings. The SMILES string of the molecule is COc1ccccc1N1CCN(C(=O)Cc2csc(-c3ccsc3)n2)CC1. The minimum absolute atomic E-state index is 0.150. The van der Waals surface area contributed by atoms with Gasteiger partial charge in [-0.2, -0.15) is 11.3 Å². The molecule has 0 saturated carbocycles. The number of hydrogen-bond donors (Lipinski definition) is 0. The standard InChI is InChI=1S/C20H21N3O2S2/c1-25-18-5-3-2-4-17(18)22-7-9-23(10-8-22)19(24)12-16-14-27-20(21-16)15-6-11-26-13-15/h2-6,11,13-14H,7-10,12H2,1H3. The first-order valence-corrected chi connectivity index (χ1v) is 10.7. The van der Waals surface area contributed by atoms with Gasteiger partial charge in [0.1, 0.15) is 10.8 Å². The Kier molecular flexibility index (Phi) is 5.40. The third kappa shape index (κ3) is 3.99. The lowest BCUT2D eigenvalue weighted by Crippen LogP contribution is -2.49. The lowest BCUT2D eigenvalue weighted by Gasteiger charge is -2.36. The van der Waals surface area contributed by atoms with E-state index in [0.717, 1.165) is 53.9 Å². The van der Waals surface area contributed by atoms with Gasteiger partial charge in [-0.1, -0.05) is 12.1 Å². The number of thiazole rings is 1. The van der Waals surface area contributed by atoms with Crippen molar-refractivity contribution >= 4 is 34.3 Å². The molecule has 1 fully saturated rings. The maximum atomic E-state index is 12.7. The highest BCUT2D eigenvalue weighted by Crippen LogP contribution is 2.29. The van der Waals surface area contributed by atoms with Crippen molar-refractivity contribution in [3.8, 4) is 16.3 Å². The topological polar surface area (TPSA) is 45.7 Å². The number of piperazine rings is 1. The first kappa shape index (κ1) is 18.0. The van der Waals surface area contributed by atoms with E-state index in [9.17, 15) is 4.79 Å². The van der Waals surface area contributed by atoms with Crippen LogP contribution in [-0.2, 0) is 11.2 Å². The second kappa shape index (κ2) is 8.10. The lowest BCUT2D eigenvalue weighted by molar-refractivity contribution is -0.130. The Morgan fingerprint density at radius 2 is 1.96 bits per heavy atom. The Balaban J connectivity index is 1.35. The molecule has 2 aromatic heterocycles. The van der Waals surface area contributed by atoms with Crippen LogP contribution in [0.15, 0.2) is 46.5 Å². The minimum Gasteiger partial charge on any atom is -0.495 e. The molecular formula is C20H21N3O2S2. The second-order valence-electron chi connectivity index (χ2n) is 6.37. The number of amides is 1. The van der Waals surface area contributed by atoms with Crippen molar-refractivity contribution in [3.05, 3.63) is 52.2 Å². The van der Waals surface area contributed by atoms with Gasteiger partial charge in [-0.3, -0.25) is 4.79 Å². The van der Waals surface area contributed by atoms with Crippen LogP contribution in [0.25, 0.3) is 10.6 Å². The summed E-state index contributed by atoms with van der Waals surface area (Å²) in [6.07, 6.45) is 0.370. The molecule has 0 N–H and O–H groups in total. The Morgan fingerprint density at radius 3 is 2.70 bits per heavy atom. The maximum Gasteiger partial charge on any atom is 0.228 e. The molecule has 1 aliphatic rings. The monoisotopic (exact) mass is 399 g/mol. The molecule has 1 aliphatic heterocycles. The number of benzene rings is 1. The highest BCUT2D eigenvalue weighted by atomic mass is 32.1. The van der Waals surface area contributed by atoms with Gasteiger partial charge < -0.3 is 14.5 Å². The van der Waals surface area contributed by atoms with Crippen LogP contribution in [0.2, 0.25) is 0 Å².